The summed E-state index contributed by atoms with van der Waals surface area (Å²) in [6.45, 7) is 0.754. The van der Waals surface area contributed by atoms with Gasteiger partial charge in [0.2, 0.25) is 0 Å². The van der Waals surface area contributed by atoms with Crippen molar-refractivity contribution < 1.29 is 22.4 Å². The third-order valence-corrected chi connectivity index (χ3v) is 4.01. The van der Waals surface area contributed by atoms with E-state index in [0.29, 0.717) is 31.6 Å². The normalized spacial score (nSPS) is 18.7. The maximum Gasteiger partial charge on any atom is 0.419 e. The molecule has 0 unspecified atom stereocenters. The lowest BCUT2D eigenvalue weighted by Gasteiger charge is -2.32. The molecule has 5 nitrogen and oxygen atoms in total. The van der Waals surface area contributed by atoms with E-state index in [1.165, 1.54) is 17.6 Å². The number of hydrogen-bond acceptors (Lipinski definition) is 3. The van der Waals surface area contributed by atoms with Crippen LogP contribution in [0.2, 0.25) is 0 Å². The Morgan fingerprint density at radius 1 is 1.29 bits per heavy atom. The zero-order valence-electron chi connectivity index (χ0n) is 12.5. The Morgan fingerprint density at radius 3 is 2.75 bits per heavy atom. The maximum absolute atomic E-state index is 13.4. The van der Waals surface area contributed by atoms with Gasteiger partial charge in [-0.05, 0) is 31.0 Å². The van der Waals surface area contributed by atoms with Crippen molar-refractivity contribution in [1.82, 2.24) is 19.7 Å². The van der Waals surface area contributed by atoms with Crippen molar-refractivity contribution in [2.45, 2.75) is 25.1 Å². The van der Waals surface area contributed by atoms with Crippen molar-refractivity contribution in [3.8, 4) is 0 Å². The molecule has 1 fully saturated rings. The first kappa shape index (κ1) is 16.4. The van der Waals surface area contributed by atoms with Crippen molar-refractivity contribution >= 4 is 5.91 Å². The molecule has 128 valence electrons. The number of carbonyl (C=O) groups excluding carboxylic acids is 1. The Labute approximate surface area is 134 Å². The summed E-state index contributed by atoms with van der Waals surface area (Å²) in [7, 11) is 0. The predicted octanol–water partition coefficient (Wildman–Crippen LogP) is 2.91. The van der Waals surface area contributed by atoms with Crippen LogP contribution in [0.25, 0.3) is 0 Å². The Morgan fingerprint density at radius 2 is 2.08 bits per heavy atom. The molecule has 1 aliphatic heterocycles. The van der Waals surface area contributed by atoms with Gasteiger partial charge in [0, 0.05) is 18.7 Å². The molecule has 24 heavy (non-hydrogen) atoms. The molecule has 1 aromatic heterocycles. The lowest BCUT2D eigenvalue weighted by Crippen LogP contribution is -2.41. The molecular weight excluding hydrogens is 328 g/mol. The highest BCUT2D eigenvalue weighted by Crippen LogP contribution is 2.32. The number of carbonyl (C=O) groups is 1. The fourth-order valence-corrected chi connectivity index (χ4v) is 2.82. The number of alkyl halides is 3. The fourth-order valence-electron chi connectivity index (χ4n) is 2.82. The average molecular weight is 342 g/mol. The molecule has 1 aromatic carbocycles. The van der Waals surface area contributed by atoms with Gasteiger partial charge in [-0.25, -0.2) is 14.1 Å². The highest BCUT2D eigenvalue weighted by Gasteiger charge is 2.35. The number of piperidine rings is 1. The van der Waals surface area contributed by atoms with Crippen molar-refractivity contribution in [3.63, 3.8) is 0 Å². The van der Waals surface area contributed by atoms with Gasteiger partial charge in [0.05, 0.1) is 11.6 Å². The van der Waals surface area contributed by atoms with Gasteiger partial charge in [0.25, 0.3) is 5.91 Å². The Balaban J connectivity index is 1.81. The van der Waals surface area contributed by atoms with Gasteiger partial charge in [-0.1, -0.05) is 0 Å². The van der Waals surface area contributed by atoms with E-state index in [2.05, 4.69) is 10.1 Å². The van der Waals surface area contributed by atoms with Crippen molar-refractivity contribution in [1.29, 1.82) is 0 Å². The first-order valence-corrected chi connectivity index (χ1v) is 7.36. The number of halogens is 4. The minimum atomic E-state index is -4.84. The van der Waals surface area contributed by atoms with Gasteiger partial charge in [-0.3, -0.25) is 4.79 Å². The number of amides is 1. The highest BCUT2D eigenvalue weighted by molar-refractivity contribution is 5.94. The third-order valence-electron chi connectivity index (χ3n) is 4.01. The van der Waals surface area contributed by atoms with E-state index in [4.69, 9.17) is 0 Å². The highest BCUT2D eigenvalue weighted by atomic mass is 19.4. The van der Waals surface area contributed by atoms with Crippen LogP contribution in [0, 0.1) is 5.82 Å². The molecule has 2 aromatic rings. The van der Waals surface area contributed by atoms with Gasteiger partial charge in [-0.15, -0.1) is 0 Å². The Bertz CT molecular complexity index is 730. The largest absolute Gasteiger partial charge is 0.419 e. The SMILES string of the molecule is O=C(c1ccc(F)c(C(F)(F)F)c1)N1CCC[C@H](n2cncn2)C1. The molecule has 0 aliphatic carbocycles. The van der Waals surface area contributed by atoms with Gasteiger partial charge < -0.3 is 4.90 Å². The lowest BCUT2D eigenvalue weighted by atomic mass is 10.0. The monoisotopic (exact) mass is 342 g/mol. The molecule has 1 amide bonds. The fraction of sp³-hybridized carbons (Fsp3) is 0.400. The quantitative estimate of drug-likeness (QED) is 0.789. The maximum atomic E-state index is 13.4. The molecule has 0 bridgehead atoms. The van der Waals surface area contributed by atoms with Crippen LogP contribution in [-0.4, -0.2) is 38.7 Å². The van der Waals surface area contributed by atoms with Gasteiger partial charge in [-0.2, -0.15) is 18.3 Å². The van der Waals surface area contributed by atoms with E-state index < -0.39 is 23.5 Å². The Hall–Kier alpha value is -2.45. The van der Waals surface area contributed by atoms with E-state index in [1.807, 2.05) is 0 Å². The van der Waals surface area contributed by atoms with Crippen LogP contribution < -0.4 is 0 Å². The second kappa shape index (κ2) is 6.21. The van der Waals surface area contributed by atoms with Crippen LogP contribution in [0.4, 0.5) is 17.6 Å². The van der Waals surface area contributed by atoms with Crippen LogP contribution in [0.5, 0.6) is 0 Å². The average Bonchev–Trinajstić information content (AvgIpc) is 3.08. The van der Waals surface area contributed by atoms with Crippen LogP contribution >= 0.6 is 0 Å². The number of aromatic nitrogens is 3. The standard InChI is InChI=1S/C15H14F4N4O/c16-13-4-3-10(6-12(13)15(17,18)19)14(24)22-5-1-2-11(7-22)23-9-20-8-21-23/h3-4,6,8-9,11H,1-2,5,7H2/t11-/m0/s1. The predicted molar refractivity (Wildman–Crippen MR) is 75.6 cm³/mol. The van der Waals surface area contributed by atoms with E-state index in [9.17, 15) is 22.4 Å². The van der Waals surface area contributed by atoms with Gasteiger partial charge in [0.15, 0.2) is 0 Å². The first-order chi connectivity index (χ1) is 11.4. The van der Waals surface area contributed by atoms with Crippen molar-refractivity contribution in [2.24, 2.45) is 0 Å². The zero-order chi connectivity index (χ0) is 17.3. The summed E-state index contributed by atoms with van der Waals surface area (Å²) >= 11 is 0. The molecule has 1 saturated heterocycles. The lowest BCUT2D eigenvalue weighted by molar-refractivity contribution is -0.140. The summed E-state index contributed by atoms with van der Waals surface area (Å²) in [5.41, 5.74) is -1.61. The van der Waals surface area contributed by atoms with Crippen LogP contribution in [0.1, 0.15) is 34.8 Å². The second-order valence-corrected chi connectivity index (χ2v) is 5.62. The van der Waals surface area contributed by atoms with E-state index in [0.717, 1.165) is 12.5 Å². The molecule has 3 rings (SSSR count). The number of likely N-dealkylation sites (tertiary alicyclic amines) is 1. The number of hydrogen-bond donors (Lipinski definition) is 0. The van der Waals surface area contributed by atoms with Gasteiger partial charge in [0.1, 0.15) is 18.5 Å². The molecule has 0 radical (unpaired) electrons. The third kappa shape index (κ3) is 3.24. The number of benzene rings is 1. The van der Waals surface area contributed by atoms with Crippen molar-refractivity contribution in [2.75, 3.05) is 13.1 Å². The summed E-state index contributed by atoms with van der Waals surface area (Å²) in [6.07, 6.45) is -0.422. The summed E-state index contributed by atoms with van der Waals surface area (Å²) in [4.78, 5) is 17.8. The summed E-state index contributed by atoms with van der Waals surface area (Å²) in [6, 6.07) is 2.24. The van der Waals surface area contributed by atoms with E-state index in [1.54, 1.807) is 4.68 Å². The molecule has 1 aliphatic rings. The first-order valence-electron chi connectivity index (χ1n) is 7.36. The summed E-state index contributed by atoms with van der Waals surface area (Å²) in [5, 5.41) is 4.03. The van der Waals surface area contributed by atoms with Crippen LogP contribution in [0.15, 0.2) is 30.9 Å². The van der Waals surface area contributed by atoms with Crippen LogP contribution in [0.3, 0.4) is 0 Å². The summed E-state index contributed by atoms with van der Waals surface area (Å²) < 4.78 is 53.4. The van der Waals surface area contributed by atoms with Crippen LogP contribution in [-0.2, 0) is 6.18 Å². The topological polar surface area (TPSA) is 51.0 Å². The zero-order valence-corrected chi connectivity index (χ0v) is 12.5. The number of rotatable bonds is 2. The minimum Gasteiger partial charge on any atom is -0.337 e. The molecule has 0 N–H and O–H groups in total. The number of nitrogens with zero attached hydrogens (tertiary/aromatic N) is 4. The molecule has 1 atom stereocenters. The van der Waals surface area contributed by atoms with E-state index >= 15 is 0 Å². The molecule has 0 spiro atoms. The Kier molecular flexibility index (Phi) is 4.25. The molecule has 0 saturated carbocycles. The van der Waals surface area contributed by atoms with E-state index in [-0.39, 0.29) is 11.6 Å². The minimum absolute atomic E-state index is 0.0762. The molecule has 9 heteroatoms. The molecule has 2 heterocycles. The second-order valence-electron chi connectivity index (χ2n) is 5.62. The summed E-state index contributed by atoms with van der Waals surface area (Å²) in [5.74, 6) is -1.94. The molecular formula is C15H14F4N4O. The van der Waals surface area contributed by atoms with Gasteiger partial charge >= 0.3 is 6.18 Å². The van der Waals surface area contributed by atoms with Crippen molar-refractivity contribution in [3.05, 3.63) is 47.8 Å². The smallest absolute Gasteiger partial charge is 0.337 e.